The van der Waals surface area contributed by atoms with Crippen LogP contribution in [-0.4, -0.2) is 62.3 Å². The average Bonchev–Trinajstić information content (AvgIpc) is 3.39. The Bertz CT molecular complexity index is 1410. The summed E-state index contributed by atoms with van der Waals surface area (Å²) < 4.78 is 85.8. The second kappa shape index (κ2) is 9.48. The number of carbonyl (C=O) groups is 2. The van der Waals surface area contributed by atoms with Gasteiger partial charge in [0.25, 0.3) is 11.8 Å². The Kier molecular flexibility index (Phi) is 6.78. The highest BCUT2D eigenvalue weighted by Crippen LogP contribution is 2.39. The van der Waals surface area contributed by atoms with Gasteiger partial charge >= 0.3 is 6.18 Å². The number of hydrogen-bond acceptors (Lipinski definition) is 5. The van der Waals surface area contributed by atoms with Crippen molar-refractivity contribution in [1.82, 2.24) is 24.8 Å². The summed E-state index contributed by atoms with van der Waals surface area (Å²) in [7, 11) is 0. The van der Waals surface area contributed by atoms with Crippen LogP contribution >= 0.6 is 0 Å². The number of fused-ring (bicyclic) bond motifs is 1. The van der Waals surface area contributed by atoms with Crippen molar-refractivity contribution in [2.24, 2.45) is 0 Å². The number of carbonyl (C=O) groups excluding carboxylic acids is 2. The van der Waals surface area contributed by atoms with Gasteiger partial charge in [-0.05, 0) is 38.5 Å². The van der Waals surface area contributed by atoms with Crippen LogP contribution < -0.4 is 11.1 Å². The van der Waals surface area contributed by atoms with Gasteiger partial charge in [0, 0.05) is 23.2 Å². The number of nitrogen functional groups attached to an aromatic ring is 1. The summed E-state index contributed by atoms with van der Waals surface area (Å²) in [5.41, 5.74) is 1.12. The molecule has 1 aliphatic rings. The second-order valence-corrected chi connectivity index (χ2v) is 9.46. The highest BCUT2D eigenvalue weighted by Gasteiger charge is 2.42. The number of amides is 2. The minimum Gasteiger partial charge on any atom is -0.382 e. The van der Waals surface area contributed by atoms with Crippen molar-refractivity contribution >= 4 is 23.1 Å². The first-order chi connectivity index (χ1) is 17.6. The molecule has 3 heterocycles. The first-order valence-corrected chi connectivity index (χ1v) is 11.6. The molecule has 1 saturated heterocycles. The van der Waals surface area contributed by atoms with Gasteiger partial charge in [0.15, 0.2) is 11.5 Å². The average molecular weight is 542 g/mol. The molecule has 8 nitrogen and oxygen atoms in total. The first kappa shape index (κ1) is 27.2. The maximum atomic E-state index is 15.1. The zero-order chi connectivity index (χ0) is 28.2. The zero-order valence-electron chi connectivity index (χ0n) is 20.5. The van der Waals surface area contributed by atoms with Gasteiger partial charge in [-0.1, -0.05) is 6.92 Å². The van der Waals surface area contributed by atoms with Gasteiger partial charge in [0.05, 0.1) is 23.8 Å². The molecular formula is C24H24F6N6O2. The van der Waals surface area contributed by atoms with Crippen molar-refractivity contribution in [3.63, 3.8) is 0 Å². The number of nitrogens with one attached hydrogen (secondary N) is 1. The highest BCUT2D eigenvalue weighted by molar-refractivity contribution is 5.97. The maximum Gasteiger partial charge on any atom is 0.418 e. The van der Waals surface area contributed by atoms with Crippen molar-refractivity contribution in [2.45, 2.75) is 51.3 Å². The standard InChI is InChI=1S/C24H24F6N6O2/c1-4-12-13(21(37)34-17-9-35(8-16(17)26)22(38)23(2,3)27)5-11(6-15(12)25)18-7-14(24(28,29)30)19-20(31)32-10-33-36(18)19/h5-7,10,16-17H,4,8-9H2,1-3H3,(H,34,37)(H2,31,32,33)/t16-,17+/m0/s1. The number of halogens is 6. The summed E-state index contributed by atoms with van der Waals surface area (Å²) in [6.45, 7) is 2.88. The topological polar surface area (TPSA) is 106 Å². The number of benzene rings is 1. The molecule has 4 rings (SSSR count). The molecule has 3 N–H and O–H groups in total. The van der Waals surface area contributed by atoms with Gasteiger partial charge in [-0.3, -0.25) is 9.59 Å². The van der Waals surface area contributed by atoms with E-state index in [0.717, 1.165) is 41.7 Å². The first-order valence-electron chi connectivity index (χ1n) is 11.6. The highest BCUT2D eigenvalue weighted by atomic mass is 19.4. The summed E-state index contributed by atoms with van der Waals surface area (Å²) in [5.74, 6) is -3.18. The molecule has 0 saturated carbocycles. The molecule has 0 aliphatic carbocycles. The number of rotatable bonds is 5. The number of alkyl halides is 5. The van der Waals surface area contributed by atoms with Crippen molar-refractivity contribution in [3.05, 3.63) is 47.0 Å². The Hall–Kier alpha value is -3.84. The third-order valence-corrected chi connectivity index (χ3v) is 6.34. The van der Waals surface area contributed by atoms with Crippen LogP contribution in [0.4, 0.5) is 32.2 Å². The molecule has 0 radical (unpaired) electrons. The molecule has 2 aromatic heterocycles. The van der Waals surface area contributed by atoms with Crippen LogP contribution in [0.5, 0.6) is 0 Å². The van der Waals surface area contributed by atoms with E-state index in [1.54, 1.807) is 6.92 Å². The van der Waals surface area contributed by atoms with Crippen LogP contribution in [0.2, 0.25) is 0 Å². The lowest BCUT2D eigenvalue weighted by atomic mass is 9.98. The summed E-state index contributed by atoms with van der Waals surface area (Å²) in [5, 5.41) is 6.23. The summed E-state index contributed by atoms with van der Waals surface area (Å²) in [4.78, 5) is 29.9. The molecular weight excluding hydrogens is 518 g/mol. The van der Waals surface area contributed by atoms with E-state index in [9.17, 15) is 31.5 Å². The van der Waals surface area contributed by atoms with Crippen LogP contribution in [0, 0.1) is 5.82 Å². The number of anilines is 1. The van der Waals surface area contributed by atoms with Gasteiger partial charge in [-0.15, -0.1) is 0 Å². The van der Waals surface area contributed by atoms with Crippen LogP contribution in [0.1, 0.15) is 42.3 Å². The predicted octanol–water partition coefficient (Wildman–Crippen LogP) is 3.73. The maximum absolute atomic E-state index is 15.1. The number of nitrogens with zero attached hydrogens (tertiary/aromatic N) is 4. The summed E-state index contributed by atoms with van der Waals surface area (Å²) >= 11 is 0. The SMILES string of the molecule is CCc1c(F)cc(-c2cc(C(F)(F)F)c3c(N)ncnn23)cc1C(=O)N[C@@H]1CN(C(=O)C(C)(C)F)C[C@@H]1F. The minimum atomic E-state index is -4.83. The van der Waals surface area contributed by atoms with Gasteiger partial charge < -0.3 is 16.0 Å². The third-order valence-electron chi connectivity index (χ3n) is 6.34. The fourth-order valence-corrected chi connectivity index (χ4v) is 4.52. The number of aromatic nitrogens is 3. The molecule has 1 aliphatic heterocycles. The molecule has 1 aromatic carbocycles. The molecule has 0 unspecified atom stereocenters. The van der Waals surface area contributed by atoms with Gasteiger partial charge in [-0.2, -0.15) is 18.3 Å². The molecule has 1 fully saturated rings. The summed E-state index contributed by atoms with van der Waals surface area (Å²) in [6, 6.07) is 1.66. The van der Waals surface area contributed by atoms with Crippen LogP contribution in [0.3, 0.4) is 0 Å². The Labute approximate surface area is 212 Å². The van der Waals surface area contributed by atoms with E-state index in [0.29, 0.717) is 0 Å². The Balaban J connectivity index is 1.73. The van der Waals surface area contributed by atoms with Crippen LogP contribution in [-0.2, 0) is 17.4 Å². The number of hydrogen-bond donors (Lipinski definition) is 2. The van der Waals surface area contributed by atoms with E-state index in [-0.39, 0.29) is 35.3 Å². The molecule has 3 aromatic rings. The Morgan fingerprint density at radius 2 is 1.84 bits per heavy atom. The van der Waals surface area contributed by atoms with E-state index in [1.165, 1.54) is 6.07 Å². The second-order valence-electron chi connectivity index (χ2n) is 9.46. The molecule has 0 bridgehead atoms. The van der Waals surface area contributed by atoms with E-state index in [4.69, 9.17) is 5.73 Å². The molecule has 2 amide bonds. The van der Waals surface area contributed by atoms with Crippen molar-refractivity contribution in [1.29, 1.82) is 0 Å². The molecule has 204 valence electrons. The zero-order valence-corrected chi connectivity index (χ0v) is 20.5. The van der Waals surface area contributed by atoms with E-state index in [1.807, 2.05) is 0 Å². The third kappa shape index (κ3) is 4.86. The monoisotopic (exact) mass is 542 g/mol. The lowest BCUT2D eigenvalue weighted by Gasteiger charge is -2.22. The molecule has 0 spiro atoms. The molecule has 38 heavy (non-hydrogen) atoms. The smallest absolute Gasteiger partial charge is 0.382 e. The number of likely N-dealkylation sites (tertiary alicyclic amines) is 1. The number of nitrogens with two attached hydrogens (primary N) is 1. The lowest BCUT2D eigenvalue weighted by Crippen LogP contribution is -2.44. The fraction of sp³-hybridized carbons (Fsp3) is 0.417. The predicted molar refractivity (Wildman–Crippen MR) is 125 cm³/mol. The normalized spacial score (nSPS) is 18.3. The lowest BCUT2D eigenvalue weighted by molar-refractivity contribution is -0.141. The minimum absolute atomic E-state index is 0.0388. The Morgan fingerprint density at radius 3 is 2.45 bits per heavy atom. The van der Waals surface area contributed by atoms with E-state index in [2.05, 4.69) is 15.4 Å². The Morgan fingerprint density at radius 1 is 1.16 bits per heavy atom. The summed E-state index contributed by atoms with van der Waals surface area (Å²) in [6.07, 6.45) is -5.58. The molecule has 14 heteroatoms. The largest absolute Gasteiger partial charge is 0.418 e. The van der Waals surface area contributed by atoms with Crippen molar-refractivity contribution in [2.75, 3.05) is 18.8 Å². The van der Waals surface area contributed by atoms with Gasteiger partial charge in [0.1, 0.15) is 23.8 Å². The van der Waals surface area contributed by atoms with E-state index >= 15 is 4.39 Å². The van der Waals surface area contributed by atoms with Crippen molar-refractivity contribution < 1.29 is 35.9 Å². The quantitative estimate of drug-likeness (QED) is 0.478. The van der Waals surface area contributed by atoms with E-state index < -0.39 is 65.1 Å². The van der Waals surface area contributed by atoms with Gasteiger partial charge in [-0.25, -0.2) is 22.7 Å². The molecule has 2 atom stereocenters. The van der Waals surface area contributed by atoms with Gasteiger partial charge in [0.2, 0.25) is 0 Å². The van der Waals surface area contributed by atoms with Crippen molar-refractivity contribution in [3.8, 4) is 11.3 Å². The fourth-order valence-electron chi connectivity index (χ4n) is 4.52. The van der Waals surface area contributed by atoms with Crippen LogP contribution in [0.25, 0.3) is 16.8 Å². The van der Waals surface area contributed by atoms with Crippen LogP contribution in [0.15, 0.2) is 24.5 Å².